The van der Waals surface area contributed by atoms with Crippen LogP contribution in [0.3, 0.4) is 0 Å². The van der Waals surface area contributed by atoms with Gasteiger partial charge in [-0.3, -0.25) is 14.9 Å². The zero-order valence-electron chi connectivity index (χ0n) is 10.3. The lowest BCUT2D eigenvalue weighted by Gasteiger charge is -2.06. The summed E-state index contributed by atoms with van der Waals surface area (Å²) in [7, 11) is 0. The molecular weight excluding hydrogens is 232 g/mol. The van der Waals surface area contributed by atoms with Crippen LogP contribution in [0.15, 0.2) is 30.5 Å². The highest BCUT2D eigenvalue weighted by molar-refractivity contribution is 5.86. The van der Waals surface area contributed by atoms with Crippen molar-refractivity contribution in [1.82, 2.24) is 4.57 Å². The van der Waals surface area contributed by atoms with Crippen molar-refractivity contribution < 1.29 is 9.72 Å². The third-order valence-corrected chi connectivity index (χ3v) is 2.94. The van der Waals surface area contributed by atoms with Crippen LogP contribution >= 0.6 is 0 Å². The number of aromatic nitrogens is 1. The van der Waals surface area contributed by atoms with E-state index in [4.69, 9.17) is 0 Å². The third kappa shape index (κ3) is 2.25. The molecule has 0 bridgehead atoms. The topological polar surface area (TPSA) is 65.1 Å². The summed E-state index contributed by atoms with van der Waals surface area (Å²) >= 11 is 0. The lowest BCUT2D eigenvalue weighted by molar-refractivity contribution is -0.384. The summed E-state index contributed by atoms with van der Waals surface area (Å²) < 4.78 is 1.75. The number of nitro benzene ring substituents is 1. The van der Waals surface area contributed by atoms with Crippen molar-refractivity contribution in [2.75, 3.05) is 0 Å². The maximum absolute atomic E-state index is 11.7. The SMILES string of the molecule is CC(C)C(=O)Cn1ccc2ccc([N+](=O)[O-])cc21. The monoisotopic (exact) mass is 246 g/mol. The van der Waals surface area contributed by atoms with Gasteiger partial charge in [0.2, 0.25) is 0 Å². The average molecular weight is 246 g/mol. The molecule has 0 saturated carbocycles. The van der Waals surface area contributed by atoms with Crippen LogP contribution in [0.25, 0.3) is 10.9 Å². The lowest BCUT2D eigenvalue weighted by Crippen LogP contribution is -2.14. The van der Waals surface area contributed by atoms with Crippen molar-refractivity contribution in [3.8, 4) is 0 Å². The summed E-state index contributed by atoms with van der Waals surface area (Å²) in [6.45, 7) is 3.94. The smallest absolute Gasteiger partial charge is 0.271 e. The molecule has 2 rings (SSSR count). The summed E-state index contributed by atoms with van der Waals surface area (Å²) in [6, 6.07) is 6.52. The number of nitro groups is 1. The van der Waals surface area contributed by atoms with Gasteiger partial charge in [0.05, 0.1) is 17.0 Å². The summed E-state index contributed by atoms with van der Waals surface area (Å²) in [6.07, 6.45) is 1.79. The van der Waals surface area contributed by atoms with Crippen molar-refractivity contribution in [2.45, 2.75) is 20.4 Å². The maximum Gasteiger partial charge on any atom is 0.271 e. The van der Waals surface area contributed by atoms with Gasteiger partial charge in [-0.1, -0.05) is 13.8 Å². The largest absolute Gasteiger partial charge is 0.340 e. The normalized spacial score (nSPS) is 11.1. The summed E-state index contributed by atoms with van der Waals surface area (Å²) in [5.74, 6) is 0.0696. The highest BCUT2D eigenvalue weighted by Crippen LogP contribution is 2.22. The molecule has 0 radical (unpaired) electrons. The molecule has 94 valence electrons. The first kappa shape index (κ1) is 12.3. The van der Waals surface area contributed by atoms with Crippen molar-refractivity contribution in [2.24, 2.45) is 5.92 Å². The first-order valence-corrected chi connectivity index (χ1v) is 5.75. The predicted octanol–water partition coefficient (Wildman–Crippen LogP) is 2.77. The van der Waals surface area contributed by atoms with Gasteiger partial charge in [-0.15, -0.1) is 0 Å². The van der Waals surface area contributed by atoms with Crippen molar-refractivity contribution in [1.29, 1.82) is 0 Å². The van der Waals surface area contributed by atoms with E-state index in [0.717, 1.165) is 10.9 Å². The number of carbonyl (C=O) groups is 1. The molecule has 0 saturated heterocycles. The van der Waals surface area contributed by atoms with E-state index >= 15 is 0 Å². The molecule has 1 aromatic carbocycles. The second-order valence-electron chi connectivity index (χ2n) is 4.56. The molecule has 0 aliphatic carbocycles. The molecule has 5 nitrogen and oxygen atoms in total. The Morgan fingerprint density at radius 3 is 2.72 bits per heavy atom. The maximum atomic E-state index is 11.7. The van der Waals surface area contributed by atoms with Gasteiger partial charge in [-0.05, 0) is 12.1 Å². The van der Waals surface area contributed by atoms with Crippen LogP contribution in [-0.4, -0.2) is 15.3 Å². The number of benzene rings is 1. The second kappa shape index (κ2) is 4.60. The number of hydrogen-bond acceptors (Lipinski definition) is 3. The number of ketones is 1. The van der Waals surface area contributed by atoms with E-state index in [-0.39, 0.29) is 23.9 Å². The Bertz CT molecular complexity index is 614. The molecule has 0 aliphatic rings. The predicted molar refractivity (Wildman–Crippen MR) is 68.4 cm³/mol. The first-order valence-electron chi connectivity index (χ1n) is 5.75. The molecule has 0 fully saturated rings. The molecule has 1 aromatic heterocycles. The Morgan fingerprint density at radius 2 is 2.11 bits per heavy atom. The van der Waals surface area contributed by atoms with E-state index in [0.29, 0.717) is 0 Å². The van der Waals surface area contributed by atoms with Gasteiger partial charge in [0.15, 0.2) is 5.78 Å². The number of non-ortho nitro benzene ring substituents is 1. The molecule has 0 spiro atoms. The minimum Gasteiger partial charge on any atom is -0.340 e. The van der Waals surface area contributed by atoms with E-state index in [2.05, 4.69) is 0 Å². The molecule has 0 amide bonds. The van der Waals surface area contributed by atoms with Gasteiger partial charge >= 0.3 is 0 Å². The van der Waals surface area contributed by atoms with Gasteiger partial charge in [0.25, 0.3) is 5.69 Å². The minimum absolute atomic E-state index is 0.0406. The van der Waals surface area contributed by atoms with Crippen molar-refractivity contribution >= 4 is 22.4 Å². The van der Waals surface area contributed by atoms with E-state index in [1.165, 1.54) is 12.1 Å². The van der Waals surface area contributed by atoms with Gasteiger partial charge in [0, 0.05) is 29.6 Å². The highest BCUT2D eigenvalue weighted by atomic mass is 16.6. The fourth-order valence-corrected chi connectivity index (χ4v) is 1.77. The first-order chi connectivity index (χ1) is 8.49. The molecule has 0 atom stereocenters. The molecule has 5 heteroatoms. The number of carbonyl (C=O) groups excluding carboxylic acids is 1. The van der Waals surface area contributed by atoms with Crippen LogP contribution in [0.4, 0.5) is 5.69 Å². The average Bonchev–Trinajstić information content (AvgIpc) is 2.71. The molecule has 0 aliphatic heterocycles. The summed E-state index contributed by atoms with van der Waals surface area (Å²) in [5.41, 5.74) is 0.762. The quantitative estimate of drug-likeness (QED) is 0.615. The van der Waals surface area contributed by atoms with Crippen LogP contribution in [0.2, 0.25) is 0 Å². The molecular formula is C13H14N2O3. The molecule has 18 heavy (non-hydrogen) atoms. The van der Waals surface area contributed by atoms with Gasteiger partial charge in [-0.2, -0.15) is 0 Å². The van der Waals surface area contributed by atoms with Crippen LogP contribution < -0.4 is 0 Å². The van der Waals surface area contributed by atoms with Gasteiger partial charge < -0.3 is 4.57 Å². The number of hydrogen-bond donors (Lipinski definition) is 0. The lowest BCUT2D eigenvalue weighted by atomic mass is 10.1. The van der Waals surface area contributed by atoms with Gasteiger partial charge in [-0.25, -0.2) is 0 Å². The minimum atomic E-state index is -0.430. The van der Waals surface area contributed by atoms with Gasteiger partial charge in [0.1, 0.15) is 0 Å². The Balaban J connectivity index is 2.42. The van der Waals surface area contributed by atoms with Crippen LogP contribution in [-0.2, 0) is 11.3 Å². The van der Waals surface area contributed by atoms with E-state index in [1.54, 1.807) is 16.8 Å². The summed E-state index contributed by atoms with van der Waals surface area (Å²) in [5, 5.41) is 11.6. The second-order valence-corrected chi connectivity index (χ2v) is 4.56. The molecule has 0 N–H and O–H groups in total. The molecule has 0 unspecified atom stereocenters. The fourth-order valence-electron chi connectivity index (χ4n) is 1.77. The standard InChI is InChI=1S/C13H14N2O3/c1-9(2)13(16)8-14-6-5-10-3-4-11(15(17)18)7-12(10)14/h3-7,9H,8H2,1-2H3. The van der Waals surface area contributed by atoms with Crippen molar-refractivity contribution in [3.05, 3.63) is 40.6 Å². The van der Waals surface area contributed by atoms with E-state index in [1.807, 2.05) is 19.9 Å². The Morgan fingerprint density at radius 1 is 1.39 bits per heavy atom. The Hall–Kier alpha value is -2.17. The Labute approximate surface area is 104 Å². The number of fused-ring (bicyclic) bond motifs is 1. The Kier molecular flexibility index (Phi) is 3.14. The highest BCUT2D eigenvalue weighted by Gasteiger charge is 2.12. The van der Waals surface area contributed by atoms with E-state index < -0.39 is 4.92 Å². The fraction of sp³-hybridized carbons (Fsp3) is 0.308. The number of nitrogens with zero attached hydrogens (tertiary/aromatic N) is 2. The van der Waals surface area contributed by atoms with Crippen LogP contribution in [0.1, 0.15) is 13.8 Å². The zero-order valence-corrected chi connectivity index (χ0v) is 10.3. The number of rotatable bonds is 4. The summed E-state index contributed by atoms with van der Waals surface area (Å²) in [4.78, 5) is 22.0. The van der Waals surface area contributed by atoms with Crippen molar-refractivity contribution in [3.63, 3.8) is 0 Å². The third-order valence-electron chi connectivity index (χ3n) is 2.94. The van der Waals surface area contributed by atoms with E-state index in [9.17, 15) is 14.9 Å². The van der Waals surface area contributed by atoms with Crippen LogP contribution in [0, 0.1) is 16.0 Å². The number of Topliss-reactive ketones (excluding diaryl/α,β-unsaturated/α-hetero) is 1. The van der Waals surface area contributed by atoms with Crippen LogP contribution in [0.5, 0.6) is 0 Å². The zero-order chi connectivity index (χ0) is 13.3. The molecule has 2 aromatic rings. The molecule has 1 heterocycles.